The van der Waals surface area contributed by atoms with Gasteiger partial charge in [0.25, 0.3) is 5.91 Å². The second-order valence-electron chi connectivity index (χ2n) is 5.49. The molecule has 3 heteroatoms. The van der Waals surface area contributed by atoms with Crippen LogP contribution in [0.4, 0.5) is 0 Å². The number of carbonyl (C=O) groups is 1. The van der Waals surface area contributed by atoms with Crippen LogP contribution in [0, 0.1) is 18.8 Å². The van der Waals surface area contributed by atoms with Crippen LogP contribution in [0.25, 0.3) is 0 Å². The van der Waals surface area contributed by atoms with Crippen molar-refractivity contribution in [2.24, 2.45) is 16.9 Å². The summed E-state index contributed by atoms with van der Waals surface area (Å²) in [5.74, 6) is 1.35. The van der Waals surface area contributed by atoms with Gasteiger partial charge in [-0.3, -0.25) is 4.79 Å². The van der Waals surface area contributed by atoms with E-state index < -0.39 is 0 Å². The van der Waals surface area contributed by atoms with Gasteiger partial charge in [0.2, 0.25) is 0 Å². The number of rotatable bonds is 2. The summed E-state index contributed by atoms with van der Waals surface area (Å²) in [6.07, 6.45) is 4.96. The first-order chi connectivity index (χ1) is 8.72. The van der Waals surface area contributed by atoms with Gasteiger partial charge in [-0.05, 0) is 56.6 Å². The van der Waals surface area contributed by atoms with E-state index in [4.69, 9.17) is 0 Å². The lowest BCUT2D eigenvalue weighted by Crippen LogP contribution is -2.21. The van der Waals surface area contributed by atoms with Gasteiger partial charge in [0.15, 0.2) is 0 Å². The molecular weight excluding hydrogens is 224 g/mol. The third kappa shape index (κ3) is 2.17. The average Bonchev–Trinajstić information content (AvgIpc) is 2.98. The van der Waals surface area contributed by atoms with Gasteiger partial charge in [-0.1, -0.05) is 17.7 Å². The Balaban J connectivity index is 1.67. The lowest BCUT2D eigenvalue weighted by molar-refractivity contribution is 0.0954. The minimum Gasteiger partial charge on any atom is -0.267 e. The molecule has 0 spiro atoms. The van der Waals surface area contributed by atoms with Crippen molar-refractivity contribution in [3.63, 3.8) is 0 Å². The van der Waals surface area contributed by atoms with Crippen LogP contribution < -0.4 is 5.43 Å². The smallest absolute Gasteiger partial charge is 0.267 e. The number of hydrogen-bond donors (Lipinski definition) is 1. The maximum atomic E-state index is 11.9. The molecule has 3 rings (SSSR count). The van der Waals surface area contributed by atoms with Crippen molar-refractivity contribution >= 4 is 11.6 Å². The Morgan fingerprint density at radius 1 is 1.39 bits per heavy atom. The molecule has 1 N–H and O–H groups in total. The number of hydrogen-bond acceptors (Lipinski definition) is 2. The first kappa shape index (κ1) is 11.5. The Morgan fingerprint density at radius 2 is 2.28 bits per heavy atom. The zero-order chi connectivity index (χ0) is 12.5. The van der Waals surface area contributed by atoms with Crippen molar-refractivity contribution in [3.05, 3.63) is 35.4 Å². The van der Waals surface area contributed by atoms with E-state index in [0.717, 1.165) is 17.9 Å². The van der Waals surface area contributed by atoms with Crippen LogP contribution in [-0.4, -0.2) is 11.6 Å². The van der Waals surface area contributed by atoms with Crippen LogP contribution in [0.3, 0.4) is 0 Å². The van der Waals surface area contributed by atoms with Crippen molar-refractivity contribution in [2.75, 3.05) is 0 Å². The minimum absolute atomic E-state index is 0.103. The number of fused-ring (bicyclic) bond motifs is 2. The predicted molar refractivity (Wildman–Crippen MR) is 71.5 cm³/mol. The van der Waals surface area contributed by atoms with Gasteiger partial charge in [-0.25, -0.2) is 5.43 Å². The number of amides is 1. The summed E-state index contributed by atoms with van der Waals surface area (Å²) in [5.41, 5.74) is 5.68. The Hall–Kier alpha value is -1.64. The lowest BCUT2D eigenvalue weighted by Gasteiger charge is -2.11. The second-order valence-corrected chi connectivity index (χ2v) is 5.49. The number of benzene rings is 1. The fraction of sp³-hybridized carbons (Fsp3) is 0.467. The molecule has 1 amide bonds. The first-order valence-corrected chi connectivity index (χ1v) is 6.66. The van der Waals surface area contributed by atoms with Crippen LogP contribution in [0.15, 0.2) is 29.4 Å². The summed E-state index contributed by atoms with van der Waals surface area (Å²) in [6.45, 7) is 1.98. The third-order valence-corrected chi connectivity index (χ3v) is 4.09. The molecule has 1 aromatic rings. The van der Waals surface area contributed by atoms with E-state index in [-0.39, 0.29) is 5.91 Å². The van der Waals surface area contributed by atoms with Crippen LogP contribution in [0.1, 0.15) is 41.6 Å². The highest BCUT2D eigenvalue weighted by molar-refractivity contribution is 5.96. The molecule has 2 fully saturated rings. The van der Waals surface area contributed by atoms with Gasteiger partial charge < -0.3 is 0 Å². The summed E-state index contributed by atoms with van der Waals surface area (Å²) < 4.78 is 0. The quantitative estimate of drug-likeness (QED) is 0.796. The summed E-state index contributed by atoms with van der Waals surface area (Å²) in [6, 6.07) is 7.59. The van der Waals surface area contributed by atoms with E-state index in [1.54, 1.807) is 0 Å². The molecule has 2 unspecified atom stereocenters. The highest BCUT2D eigenvalue weighted by Crippen LogP contribution is 2.42. The van der Waals surface area contributed by atoms with E-state index >= 15 is 0 Å². The van der Waals surface area contributed by atoms with Crippen molar-refractivity contribution in [3.8, 4) is 0 Å². The van der Waals surface area contributed by atoms with Gasteiger partial charge in [0.05, 0.1) is 0 Å². The zero-order valence-corrected chi connectivity index (χ0v) is 10.6. The predicted octanol–water partition coefficient (Wildman–Crippen LogP) is 2.90. The number of hydrazone groups is 1. The molecule has 0 aliphatic heterocycles. The molecule has 0 saturated heterocycles. The SMILES string of the molecule is Cc1cccc(C(=O)N/N=C2\CC3CCC2C3)c1. The molecule has 0 heterocycles. The van der Waals surface area contributed by atoms with Gasteiger partial charge in [0.1, 0.15) is 0 Å². The van der Waals surface area contributed by atoms with Gasteiger partial charge in [0, 0.05) is 11.3 Å². The number of nitrogens with zero attached hydrogens (tertiary/aromatic N) is 1. The molecule has 18 heavy (non-hydrogen) atoms. The largest absolute Gasteiger partial charge is 0.271 e. The summed E-state index contributed by atoms with van der Waals surface area (Å²) >= 11 is 0. The second kappa shape index (κ2) is 4.56. The average molecular weight is 242 g/mol. The van der Waals surface area contributed by atoms with E-state index in [1.165, 1.54) is 25.0 Å². The van der Waals surface area contributed by atoms with Crippen molar-refractivity contribution in [1.82, 2.24) is 5.43 Å². The summed E-state index contributed by atoms with van der Waals surface area (Å²) in [4.78, 5) is 11.9. The molecule has 3 nitrogen and oxygen atoms in total. The summed E-state index contributed by atoms with van der Waals surface area (Å²) in [5, 5.41) is 4.33. The van der Waals surface area contributed by atoms with E-state index in [1.807, 2.05) is 31.2 Å². The number of aryl methyl sites for hydroxylation is 1. The van der Waals surface area contributed by atoms with Crippen LogP contribution in [-0.2, 0) is 0 Å². The summed E-state index contributed by atoms with van der Waals surface area (Å²) in [7, 11) is 0. The molecule has 0 radical (unpaired) electrons. The van der Waals surface area contributed by atoms with Crippen LogP contribution >= 0.6 is 0 Å². The standard InChI is InChI=1S/C15H18N2O/c1-10-3-2-4-13(7-10)15(18)17-16-14-9-11-5-6-12(14)8-11/h2-4,7,11-12H,5-6,8-9H2,1H3,(H,17,18)/b16-14+. The van der Waals surface area contributed by atoms with Crippen LogP contribution in [0.5, 0.6) is 0 Å². The highest BCUT2D eigenvalue weighted by Gasteiger charge is 2.36. The zero-order valence-electron chi connectivity index (χ0n) is 10.6. The Kier molecular flexibility index (Phi) is 2.90. The normalized spacial score (nSPS) is 27.7. The third-order valence-electron chi connectivity index (χ3n) is 4.09. The van der Waals surface area contributed by atoms with Gasteiger partial charge in [-0.15, -0.1) is 0 Å². The molecular formula is C15H18N2O. The Morgan fingerprint density at radius 3 is 2.94 bits per heavy atom. The van der Waals surface area contributed by atoms with Crippen molar-refractivity contribution < 1.29 is 4.79 Å². The molecule has 2 atom stereocenters. The number of nitrogens with one attached hydrogen (secondary N) is 1. The lowest BCUT2D eigenvalue weighted by atomic mass is 9.99. The van der Waals surface area contributed by atoms with E-state index in [0.29, 0.717) is 11.5 Å². The molecule has 2 saturated carbocycles. The fourth-order valence-corrected chi connectivity index (χ4v) is 3.14. The van der Waals surface area contributed by atoms with Crippen LogP contribution in [0.2, 0.25) is 0 Å². The maximum absolute atomic E-state index is 11.9. The minimum atomic E-state index is -0.103. The highest BCUT2D eigenvalue weighted by atomic mass is 16.2. The Bertz CT molecular complexity index is 507. The molecule has 1 aromatic carbocycles. The van der Waals surface area contributed by atoms with Crippen molar-refractivity contribution in [2.45, 2.75) is 32.6 Å². The van der Waals surface area contributed by atoms with E-state index in [2.05, 4.69) is 10.5 Å². The molecule has 0 aromatic heterocycles. The monoisotopic (exact) mass is 242 g/mol. The maximum Gasteiger partial charge on any atom is 0.271 e. The number of carbonyl (C=O) groups excluding carboxylic acids is 1. The topological polar surface area (TPSA) is 41.5 Å². The van der Waals surface area contributed by atoms with Gasteiger partial charge in [-0.2, -0.15) is 5.10 Å². The van der Waals surface area contributed by atoms with Crippen molar-refractivity contribution in [1.29, 1.82) is 0 Å². The van der Waals surface area contributed by atoms with E-state index in [9.17, 15) is 4.79 Å². The molecule has 2 aliphatic carbocycles. The first-order valence-electron chi connectivity index (χ1n) is 6.66. The fourth-order valence-electron chi connectivity index (χ4n) is 3.14. The Labute approximate surface area is 107 Å². The molecule has 2 bridgehead atoms. The molecule has 2 aliphatic rings. The molecule has 94 valence electrons. The van der Waals surface area contributed by atoms with Gasteiger partial charge >= 0.3 is 0 Å².